The van der Waals surface area contributed by atoms with E-state index in [2.05, 4.69) is 15.5 Å². The van der Waals surface area contributed by atoms with Crippen LogP contribution in [0.15, 0.2) is 10.5 Å². The zero-order chi connectivity index (χ0) is 22.1. The van der Waals surface area contributed by atoms with E-state index in [1.165, 1.54) is 25.5 Å². The lowest BCUT2D eigenvalue weighted by Gasteiger charge is -2.42. The molecule has 0 radical (unpaired) electrons. The Bertz CT molecular complexity index is 973. The third-order valence-corrected chi connectivity index (χ3v) is 6.31. The molecule has 160 valence electrons. The summed E-state index contributed by atoms with van der Waals surface area (Å²) in [6, 6.07) is -1.28. The highest BCUT2D eigenvalue weighted by molar-refractivity contribution is 8.00. The maximum atomic E-state index is 12.7. The molecular formula is C13H17N5O8S3. The van der Waals surface area contributed by atoms with Crippen molar-refractivity contribution in [3.05, 3.63) is 11.1 Å². The zero-order valence-corrected chi connectivity index (χ0v) is 17.7. The number of nitrogens with two attached hydrogens (primary N) is 1. The van der Waals surface area contributed by atoms with Crippen molar-refractivity contribution in [1.82, 2.24) is 14.6 Å². The molecule has 0 aromatic carbocycles. The molecule has 1 aromatic rings. The van der Waals surface area contributed by atoms with E-state index in [1.807, 2.05) is 0 Å². The number of carbonyl (C=O) groups excluding carboxylic acids is 2. The van der Waals surface area contributed by atoms with Crippen LogP contribution in [0.2, 0.25) is 0 Å². The number of carbonyl (C=O) groups is 3. The van der Waals surface area contributed by atoms with E-state index in [0.717, 1.165) is 23.1 Å². The summed E-state index contributed by atoms with van der Waals surface area (Å²) in [5.74, 6) is -3.38. The quantitative estimate of drug-likeness (QED) is 0.160. The largest absolute Gasteiger partial charge is 0.478 e. The molecule has 16 heteroatoms. The molecule has 2 atom stereocenters. The normalized spacial score (nSPS) is 20.2. The summed E-state index contributed by atoms with van der Waals surface area (Å²) in [6.07, 6.45) is 1.48. The summed E-state index contributed by atoms with van der Waals surface area (Å²) in [5.41, 5.74) is 3.27. The smallest absolute Gasteiger partial charge is 0.363 e. The molecule has 2 amide bonds. The molecule has 1 aliphatic heterocycles. The molecule has 13 nitrogen and oxygen atoms in total. The number of amides is 2. The fraction of sp³-hybridized carbons (Fsp3) is 0.462. The number of thioether (sulfide) groups is 1. The zero-order valence-electron chi connectivity index (χ0n) is 15.2. The summed E-state index contributed by atoms with van der Waals surface area (Å²) in [6.45, 7) is 2.40. The van der Waals surface area contributed by atoms with Gasteiger partial charge < -0.3 is 21.0 Å². The molecule has 5 N–H and O–H groups in total. The first-order valence-electron chi connectivity index (χ1n) is 7.65. The molecule has 0 spiro atoms. The van der Waals surface area contributed by atoms with Crippen molar-refractivity contribution in [3.63, 3.8) is 0 Å². The van der Waals surface area contributed by atoms with E-state index in [-0.39, 0.29) is 15.1 Å². The standard InChI is InChI=1S/C13H17N5O8S3/c1-13(2,11(21)22)26-17-6(5-4-28-12(14)15-5)8(19)16-7-9(20)18(10(7)27-3)29(23,24)25/h4,7,10H,1-3H3,(H2,14,15)(H,16,19)(H,21,22)(H,23,24,25). The van der Waals surface area contributed by atoms with Crippen LogP contribution < -0.4 is 11.1 Å². The van der Waals surface area contributed by atoms with Gasteiger partial charge in [0.1, 0.15) is 17.1 Å². The molecule has 0 saturated carbocycles. The molecule has 0 bridgehead atoms. The van der Waals surface area contributed by atoms with Gasteiger partial charge >= 0.3 is 16.3 Å². The van der Waals surface area contributed by atoms with Crippen LogP contribution in [0.25, 0.3) is 0 Å². The number of nitrogens with one attached hydrogen (secondary N) is 1. The minimum atomic E-state index is -4.79. The van der Waals surface area contributed by atoms with Gasteiger partial charge in [0.15, 0.2) is 10.8 Å². The molecule has 2 rings (SSSR count). The first-order chi connectivity index (χ1) is 13.3. The molecule has 29 heavy (non-hydrogen) atoms. The second-order valence-electron chi connectivity index (χ2n) is 6.11. The van der Waals surface area contributed by atoms with E-state index in [0.29, 0.717) is 0 Å². The fourth-order valence-electron chi connectivity index (χ4n) is 2.06. The van der Waals surface area contributed by atoms with Crippen LogP contribution in [0.5, 0.6) is 0 Å². The van der Waals surface area contributed by atoms with Gasteiger partial charge in [-0.15, -0.1) is 23.1 Å². The van der Waals surface area contributed by atoms with Crippen LogP contribution >= 0.6 is 23.1 Å². The van der Waals surface area contributed by atoms with E-state index >= 15 is 0 Å². The number of aromatic nitrogens is 1. The number of hydrogen-bond donors (Lipinski definition) is 4. The monoisotopic (exact) mass is 467 g/mol. The SMILES string of the molecule is CSC1C(NC(=O)C(=NOC(C)(C)C(=O)O)c2csc(N)n2)C(=O)N1S(=O)(=O)O. The van der Waals surface area contributed by atoms with Crippen LogP contribution in [-0.2, 0) is 29.5 Å². The van der Waals surface area contributed by atoms with E-state index in [9.17, 15) is 22.8 Å². The lowest BCUT2D eigenvalue weighted by molar-refractivity contribution is -0.161. The van der Waals surface area contributed by atoms with Gasteiger partial charge in [-0.05, 0) is 20.1 Å². The van der Waals surface area contributed by atoms with Crippen LogP contribution in [0.3, 0.4) is 0 Å². The van der Waals surface area contributed by atoms with Crippen LogP contribution in [0.4, 0.5) is 5.13 Å². The third kappa shape index (κ3) is 4.77. The topological polar surface area (TPSA) is 202 Å². The minimum absolute atomic E-state index is 0.0368. The summed E-state index contributed by atoms with van der Waals surface area (Å²) in [7, 11) is -4.79. The van der Waals surface area contributed by atoms with E-state index in [4.69, 9.17) is 20.2 Å². The number of thiazole rings is 1. The Kier molecular flexibility index (Phi) is 6.41. The molecule has 1 aromatic heterocycles. The minimum Gasteiger partial charge on any atom is -0.478 e. The van der Waals surface area contributed by atoms with Crippen molar-refractivity contribution in [2.45, 2.75) is 30.9 Å². The van der Waals surface area contributed by atoms with Crippen molar-refractivity contribution in [1.29, 1.82) is 0 Å². The van der Waals surface area contributed by atoms with E-state index in [1.54, 1.807) is 0 Å². The van der Waals surface area contributed by atoms with Crippen molar-refractivity contribution in [2.24, 2.45) is 5.16 Å². The Morgan fingerprint density at radius 3 is 2.55 bits per heavy atom. The molecule has 2 heterocycles. The summed E-state index contributed by atoms with van der Waals surface area (Å²) >= 11 is 1.88. The van der Waals surface area contributed by atoms with Gasteiger partial charge in [0.25, 0.3) is 11.8 Å². The Labute approximate surface area is 173 Å². The maximum Gasteiger partial charge on any atom is 0.363 e. The second kappa shape index (κ2) is 8.13. The molecule has 1 aliphatic rings. The van der Waals surface area contributed by atoms with Crippen LogP contribution in [-0.4, -0.2) is 74.1 Å². The maximum absolute atomic E-state index is 12.7. The molecule has 1 saturated heterocycles. The van der Waals surface area contributed by atoms with Crippen LogP contribution in [0.1, 0.15) is 19.5 Å². The number of β-lactam (4-membered cyclic amide) rings is 1. The first kappa shape index (κ1) is 22.9. The number of anilines is 1. The van der Waals surface area contributed by atoms with Gasteiger partial charge in [-0.25, -0.2) is 9.78 Å². The predicted octanol–water partition coefficient (Wildman–Crippen LogP) is -0.872. The number of nitrogen functional groups attached to an aromatic ring is 1. The highest BCUT2D eigenvalue weighted by Crippen LogP contribution is 2.30. The number of oxime groups is 1. The van der Waals surface area contributed by atoms with Gasteiger partial charge in [-0.1, -0.05) is 5.16 Å². The molecular weight excluding hydrogens is 450 g/mol. The lowest BCUT2D eigenvalue weighted by atomic mass is 10.1. The fourth-order valence-corrected chi connectivity index (χ4v) is 4.67. The van der Waals surface area contributed by atoms with Crippen LogP contribution in [0, 0.1) is 0 Å². The Morgan fingerprint density at radius 2 is 2.10 bits per heavy atom. The molecule has 0 aliphatic carbocycles. The third-order valence-electron chi connectivity index (χ3n) is 3.64. The average molecular weight is 468 g/mol. The molecule has 2 unspecified atom stereocenters. The van der Waals surface area contributed by atoms with Gasteiger partial charge in [0.05, 0.1) is 0 Å². The number of rotatable bonds is 8. The number of aliphatic carboxylic acids is 1. The van der Waals surface area contributed by atoms with Crippen molar-refractivity contribution in [2.75, 3.05) is 12.0 Å². The number of hydrogen-bond acceptors (Lipinski definition) is 11. The second-order valence-corrected chi connectivity index (χ2v) is 9.24. The number of carboxylic acids is 1. The Morgan fingerprint density at radius 1 is 1.48 bits per heavy atom. The number of carboxylic acid groups (broad SMARTS) is 1. The van der Waals surface area contributed by atoms with Gasteiger partial charge in [0.2, 0.25) is 5.60 Å². The van der Waals surface area contributed by atoms with Crippen molar-refractivity contribution >= 4 is 62.0 Å². The molecule has 1 fully saturated rings. The van der Waals surface area contributed by atoms with Gasteiger partial charge in [-0.2, -0.15) is 12.7 Å². The Hall–Kier alpha value is -2.43. The highest BCUT2D eigenvalue weighted by Gasteiger charge is 2.54. The summed E-state index contributed by atoms with van der Waals surface area (Å²) in [5, 5.41) is 15.3. The van der Waals surface area contributed by atoms with Crippen molar-refractivity contribution in [3.8, 4) is 0 Å². The highest BCUT2D eigenvalue weighted by atomic mass is 32.2. The first-order valence-corrected chi connectivity index (χ1v) is 11.2. The van der Waals surface area contributed by atoms with E-state index < -0.39 is 50.8 Å². The predicted molar refractivity (Wildman–Crippen MR) is 103 cm³/mol. The number of nitrogens with zero attached hydrogens (tertiary/aromatic N) is 3. The summed E-state index contributed by atoms with van der Waals surface area (Å²) in [4.78, 5) is 44.7. The lowest BCUT2D eigenvalue weighted by Crippen LogP contribution is -2.71. The Balaban J connectivity index is 2.29. The average Bonchev–Trinajstić information content (AvgIpc) is 3.01. The van der Waals surface area contributed by atoms with Gasteiger partial charge in [-0.3, -0.25) is 14.1 Å². The summed E-state index contributed by atoms with van der Waals surface area (Å²) < 4.78 is 31.9. The van der Waals surface area contributed by atoms with Gasteiger partial charge in [0, 0.05) is 5.38 Å². The van der Waals surface area contributed by atoms with Crippen molar-refractivity contribution < 1.29 is 37.3 Å².